The van der Waals surface area contributed by atoms with E-state index in [1.165, 1.54) is 29.7 Å². The van der Waals surface area contributed by atoms with Crippen LogP contribution in [0.25, 0.3) is 0 Å². The van der Waals surface area contributed by atoms with E-state index in [1.54, 1.807) is 29.8 Å². The van der Waals surface area contributed by atoms with Crippen molar-refractivity contribution in [2.75, 3.05) is 32.7 Å². The van der Waals surface area contributed by atoms with Crippen LogP contribution in [0.5, 0.6) is 0 Å². The van der Waals surface area contributed by atoms with Gasteiger partial charge >= 0.3 is 0 Å². The first kappa shape index (κ1) is 25.4. The first-order chi connectivity index (χ1) is 16.2. The van der Waals surface area contributed by atoms with Crippen LogP contribution in [0.2, 0.25) is 10.0 Å². The molecule has 2 aliphatic rings. The summed E-state index contributed by atoms with van der Waals surface area (Å²) in [5, 5.41) is 3.83. The van der Waals surface area contributed by atoms with E-state index in [0.717, 1.165) is 25.7 Å². The van der Waals surface area contributed by atoms with Crippen molar-refractivity contribution in [1.29, 1.82) is 0 Å². The number of aryl methyl sites for hydroxylation is 1. The lowest BCUT2D eigenvalue weighted by molar-refractivity contribution is 0.0391. The minimum atomic E-state index is -3.62. The van der Waals surface area contributed by atoms with Crippen LogP contribution in [-0.2, 0) is 17.1 Å². The number of hydrogen-bond acceptors (Lipinski definition) is 5. The topological polar surface area (TPSA) is 87.5 Å². The van der Waals surface area contributed by atoms with Gasteiger partial charge in [0, 0.05) is 51.5 Å². The number of imidazole rings is 1. The normalized spacial score (nSPS) is 20.1. The number of nitrogens with zero attached hydrogens (tertiary/aromatic N) is 4. The summed E-state index contributed by atoms with van der Waals surface area (Å²) in [6.07, 6.45) is 9.43. The lowest BCUT2D eigenvalue weighted by Gasteiger charge is -2.47. The molecular formula is C23H31Cl2N5O3S. The fourth-order valence-electron chi connectivity index (χ4n) is 5.10. The fourth-order valence-corrected chi connectivity index (χ4v) is 7.05. The number of sulfonamides is 1. The molecule has 0 radical (unpaired) electrons. The molecule has 1 saturated heterocycles. The first-order valence-electron chi connectivity index (χ1n) is 11.7. The molecule has 0 bridgehead atoms. The Balaban J connectivity index is 1.48. The van der Waals surface area contributed by atoms with Gasteiger partial charge in [0.1, 0.15) is 0 Å². The number of aromatic nitrogens is 2. The van der Waals surface area contributed by atoms with E-state index in [0.29, 0.717) is 48.3 Å². The van der Waals surface area contributed by atoms with Crippen LogP contribution in [0.1, 0.15) is 48.9 Å². The van der Waals surface area contributed by atoms with Crippen LogP contribution < -0.4 is 5.32 Å². The van der Waals surface area contributed by atoms with Crippen LogP contribution in [0.3, 0.4) is 0 Å². The summed E-state index contributed by atoms with van der Waals surface area (Å²) in [6.45, 7) is 2.47. The third kappa shape index (κ3) is 5.28. The second-order valence-corrected chi connectivity index (χ2v) is 11.9. The molecule has 34 heavy (non-hydrogen) atoms. The highest BCUT2D eigenvalue weighted by Crippen LogP contribution is 2.34. The molecule has 1 saturated carbocycles. The van der Waals surface area contributed by atoms with Crippen molar-refractivity contribution >= 4 is 39.1 Å². The maximum Gasteiger partial charge on any atom is 0.262 e. The minimum absolute atomic E-state index is 0.0801. The lowest BCUT2D eigenvalue weighted by Crippen LogP contribution is -2.61. The van der Waals surface area contributed by atoms with Crippen molar-refractivity contribution in [3.63, 3.8) is 0 Å². The number of nitrogens with one attached hydrogen (secondary N) is 1. The quantitative estimate of drug-likeness (QED) is 0.580. The number of halogens is 2. The van der Waals surface area contributed by atoms with E-state index in [9.17, 15) is 13.2 Å². The maximum atomic E-state index is 13.0. The number of carbonyl (C=O) groups excluding carboxylic acids is 1. The van der Waals surface area contributed by atoms with Gasteiger partial charge in [-0.1, -0.05) is 55.0 Å². The van der Waals surface area contributed by atoms with Crippen LogP contribution in [0.15, 0.2) is 35.7 Å². The van der Waals surface area contributed by atoms with E-state index < -0.39 is 10.0 Å². The Labute approximate surface area is 211 Å². The summed E-state index contributed by atoms with van der Waals surface area (Å²) in [7, 11) is -1.86. The highest BCUT2D eigenvalue weighted by atomic mass is 35.5. The highest BCUT2D eigenvalue weighted by Gasteiger charge is 2.41. The molecule has 2 fully saturated rings. The van der Waals surface area contributed by atoms with Gasteiger partial charge in [-0.15, -0.1) is 0 Å². The average Bonchev–Trinajstić information content (AvgIpc) is 3.12. The molecular weight excluding hydrogens is 497 g/mol. The molecule has 1 aliphatic carbocycles. The Kier molecular flexibility index (Phi) is 7.89. The van der Waals surface area contributed by atoms with Crippen molar-refractivity contribution in [2.24, 2.45) is 7.05 Å². The first-order valence-corrected chi connectivity index (χ1v) is 13.9. The second-order valence-electron chi connectivity index (χ2n) is 9.19. The average molecular weight is 529 g/mol. The zero-order valence-corrected chi connectivity index (χ0v) is 21.7. The summed E-state index contributed by atoms with van der Waals surface area (Å²) in [4.78, 5) is 19.4. The Morgan fingerprint density at radius 3 is 2.24 bits per heavy atom. The molecule has 4 rings (SSSR count). The number of hydrogen-bond donors (Lipinski definition) is 1. The van der Waals surface area contributed by atoms with E-state index in [2.05, 4.69) is 15.2 Å². The molecule has 186 valence electrons. The van der Waals surface area contributed by atoms with Gasteiger partial charge in [0.15, 0.2) is 5.03 Å². The van der Waals surface area contributed by atoms with Crippen molar-refractivity contribution in [3.05, 3.63) is 46.3 Å². The Hall–Kier alpha value is -1.65. The molecule has 1 amide bonds. The SMILES string of the molecule is Cn1cnc(S(=O)(=O)N2CCN(C3(CNC(=O)c4c(Cl)cccc4Cl)CCCCCC3)CC2)c1. The summed E-state index contributed by atoms with van der Waals surface area (Å²) in [5.74, 6) is -0.282. The number of benzene rings is 1. The fraction of sp³-hybridized carbons (Fsp3) is 0.565. The van der Waals surface area contributed by atoms with Gasteiger partial charge < -0.3 is 9.88 Å². The zero-order valence-electron chi connectivity index (χ0n) is 19.3. The largest absolute Gasteiger partial charge is 0.350 e. The molecule has 2 aromatic rings. The minimum Gasteiger partial charge on any atom is -0.350 e. The molecule has 0 atom stereocenters. The number of rotatable bonds is 6. The van der Waals surface area contributed by atoms with Crippen LogP contribution in [0.4, 0.5) is 0 Å². The molecule has 1 aliphatic heterocycles. The molecule has 1 aromatic carbocycles. The number of piperazine rings is 1. The Morgan fingerprint density at radius 1 is 1.06 bits per heavy atom. The van der Waals surface area contributed by atoms with E-state index in [1.807, 2.05) is 0 Å². The molecule has 11 heteroatoms. The van der Waals surface area contributed by atoms with Gasteiger partial charge in [-0.3, -0.25) is 9.69 Å². The number of carbonyl (C=O) groups is 1. The summed E-state index contributed by atoms with van der Waals surface area (Å²) in [6, 6.07) is 5.03. The van der Waals surface area contributed by atoms with Gasteiger partial charge in [0.05, 0.1) is 21.9 Å². The number of amides is 1. The van der Waals surface area contributed by atoms with E-state index in [-0.39, 0.29) is 16.5 Å². The van der Waals surface area contributed by atoms with Gasteiger partial charge in [-0.2, -0.15) is 4.31 Å². The van der Waals surface area contributed by atoms with Crippen molar-refractivity contribution in [2.45, 2.75) is 49.1 Å². The van der Waals surface area contributed by atoms with Gasteiger partial charge in [0.25, 0.3) is 15.9 Å². The van der Waals surface area contributed by atoms with Crippen LogP contribution in [0, 0.1) is 0 Å². The summed E-state index contributed by atoms with van der Waals surface area (Å²) < 4.78 is 29.2. The Bertz CT molecular complexity index is 1100. The third-order valence-corrected chi connectivity index (χ3v) is 9.41. The predicted octanol–water partition coefficient (Wildman–Crippen LogP) is 3.56. The van der Waals surface area contributed by atoms with Crippen LogP contribution >= 0.6 is 23.2 Å². The smallest absolute Gasteiger partial charge is 0.262 e. The monoisotopic (exact) mass is 527 g/mol. The molecule has 2 heterocycles. The van der Waals surface area contributed by atoms with Gasteiger partial charge in [0.2, 0.25) is 0 Å². The van der Waals surface area contributed by atoms with Crippen molar-refractivity contribution in [1.82, 2.24) is 24.1 Å². The molecule has 0 unspecified atom stereocenters. The predicted molar refractivity (Wildman–Crippen MR) is 133 cm³/mol. The molecule has 8 nitrogen and oxygen atoms in total. The molecule has 0 spiro atoms. The second kappa shape index (κ2) is 10.5. The standard InChI is InChI=1S/C23H31Cl2N5O3S/c1-28-15-20(27-17-28)34(32,33)30-13-11-29(12-14-30)23(9-4-2-3-5-10-23)16-26-22(31)21-18(24)7-6-8-19(21)25/h6-8,15,17H,2-5,9-14,16H2,1H3,(H,26,31). The molecule has 1 aromatic heterocycles. The van der Waals surface area contributed by atoms with Crippen LogP contribution in [-0.4, -0.2) is 71.3 Å². The lowest BCUT2D eigenvalue weighted by atomic mass is 9.87. The highest BCUT2D eigenvalue weighted by molar-refractivity contribution is 7.89. The zero-order chi connectivity index (χ0) is 24.3. The summed E-state index contributed by atoms with van der Waals surface area (Å²) >= 11 is 12.5. The van der Waals surface area contributed by atoms with Crippen molar-refractivity contribution < 1.29 is 13.2 Å². The molecule has 1 N–H and O–H groups in total. The third-order valence-electron chi connectivity index (χ3n) is 7.00. The maximum absolute atomic E-state index is 13.0. The Morgan fingerprint density at radius 2 is 1.68 bits per heavy atom. The van der Waals surface area contributed by atoms with E-state index >= 15 is 0 Å². The van der Waals surface area contributed by atoms with E-state index in [4.69, 9.17) is 23.2 Å². The van der Waals surface area contributed by atoms with Gasteiger partial charge in [-0.25, -0.2) is 13.4 Å². The van der Waals surface area contributed by atoms with Gasteiger partial charge in [-0.05, 0) is 25.0 Å². The summed E-state index contributed by atoms with van der Waals surface area (Å²) in [5.41, 5.74) is 0.0710. The van der Waals surface area contributed by atoms with Crippen molar-refractivity contribution in [3.8, 4) is 0 Å².